The van der Waals surface area contributed by atoms with E-state index >= 15 is 0 Å². The van der Waals surface area contributed by atoms with Crippen LogP contribution < -0.4 is 9.47 Å². The van der Waals surface area contributed by atoms with E-state index in [-0.39, 0.29) is 0 Å². The Kier molecular flexibility index (Phi) is 6.28. The van der Waals surface area contributed by atoms with Crippen molar-refractivity contribution in [2.45, 2.75) is 19.3 Å². The summed E-state index contributed by atoms with van der Waals surface area (Å²) in [6.07, 6.45) is 1.10. The third-order valence-corrected chi connectivity index (χ3v) is 6.80. The molecule has 186 valence electrons. The topological polar surface area (TPSA) is 38.7 Å². The number of rotatable bonds is 4. The van der Waals surface area contributed by atoms with Crippen molar-refractivity contribution in [3.63, 3.8) is 0 Å². The van der Waals surface area contributed by atoms with Crippen LogP contribution in [0.5, 0.6) is 11.5 Å². The lowest BCUT2D eigenvalue weighted by Gasteiger charge is -2.26. The number of hydrogen-bond donors (Lipinski definition) is 1. The third kappa shape index (κ3) is 4.84. The van der Waals surface area contributed by atoms with Gasteiger partial charge in [0.1, 0.15) is 11.5 Å². The summed E-state index contributed by atoms with van der Waals surface area (Å²) in [6.45, 7) is 1.50. The Morgan fingerprint density at radius 3 is 1.39 bits per heavy atom. The maximum absolute atomic E-state index is 10.7. The van der Waals surface area contributed by atoms with E-state index in [1.807, 2.05) is 84.9 Å². The molecule has 3 nitrogen and oxygen atoms in total. The third-order valence-electron chi connectivity index (χ3n) is 6.80. The van der Waals surface area contributed by atoms with Gasteiger partial charge in [0, 0.05) is 17.7 Å². The molecule has 0 saturated carbocycles. The Balaban J connectivity index is 0.000000169. The number of fused-ring (bicyclic) bond motifs is 5. The lowest BCUT2D eigenvalue weighted by molar-refractivity contribution is -0.257. The molecule has 0 aromatic heterocycles. The largest absolute Gasteiger partial charge is 0.430 e. The first kappa shape index (κ1) is 23.8. The lowest BCUT2D eigenvalue weighted by Crippen LogP contribution is -2.38. The molecule has 0 saturated heterocycles. The smallest absolute Gasteiger partial charge is 0.366 e. The molecule has 0 unspecified atom stereocenters. The zero-order valence-corrected chi connectivity index (χ0v) is 21.2. The van der Waals surface area contributed by atoms with Crippen molar-refractivity contribution in [1.29, 1.82) is 0 Å². The minimum absolute atomic E-state index is 0.573. The Bertz CT molecular complexity index is 1600. The minimum Gasteiger partial charge on any atom is -0.430 e. The van der Waals surface area contributed by atoms with Crippen LogP contribution >= 0.6 is 0 Å². The molecule has 0 heterocycles. The molecule has 7 rings (SSSR count). The van der Waals surface area contributed by atoms with E-state index in [0.29, 0.717) is 11.5 Å². The van der Waals surface area contributed by atoms with Gasteiger partial charge in [-0.15, -0.1) is 0 Å². The summed E-state index contributed by atoms with van der Waals surface area (Å²) in [4.78, 5) is 0. The van der Waals surface area contributed by atoms with Crippen LogP contribution in [0.2, 0.25) is 0 Å². The molecular formula is C35H28O3. The van der Waals surface area contributed by atoms with Crippen LogP contribution in [0.25, 0.3) is 32.7 Å². The molecule has 1 aliphatic carbocycles. The van der Waals surface area contributed by atoms with Crippen LogP contribution in [0.3, 0.4) is 0 Å². The SMILES string of the molecule is CC(O)(Oc1cccc2ccccc12)Oc1cccc2ccccc12.c1ccc2c(c1)Cc1ccccc1-2. The number of aliphatic hydroxyl groups is 1. The minimum atomic E-state index is -1.80. The highest BCUT2D eigenvalue weighted by Crippen LogP contribution is 2.36. The van der Waals surface area contributed by atoms with E-state index in [1.165, 1.54) is 29.2 Å². The summed E-state index contributed by atoms with van der Waals surface area (Å²) in [5.41, 5.74) is 5.75. The zero-order valence-electron chi connectivity index (χ0n) is 21.2. The van der Waals surface area contributed by atoms with Gasteiger partial charge in [0.2, 0.25) is 0 Å². The molecule has 0 radical (unpaired) electrons. The van der Waals surface area contributed by atoms with Crippen LogP contribution in [0, 0.1) is 0 Å². The summed E-state index contributed by atoms with van der Waals surface area (Å²) in [5.74, 6) is -0.652. The highest BCUT2D eigenvalue weighted by Gasteiger charge is 2.27. The van der Waals surface area contributed by atoms with Crippen molar-refractivity contribution >= 4 is 21.5 Å². The summed E-state index contributed by atoms with van der Waals surface area (Å²) in [6, 6.07) is 44.5. The van der Waals surface area contributed by atoms with Crippen molar-refractivity contribution in [2.24, 2.45) is 0 Å². The second kappa shape index (κ2) is 10.0. The Morgan fingerprint density at radius 1 is 0.500 bits per heavy atom. The molecule has 6 aromatic rings. The normalized spacial score (nSPS) is 11.8. The fourth-order valence-corrected chi connectivity index (χ4v) is 5.08. The molecule has 0 atom stereocenters. The molecule has 1 N–H and O–H groups in total. The molecule has 6 aromatic carbocycles. The van der Waals surface area contributed by atoms with E-state index in [2.05, 4.69) is 48.5 Å². The van der Waals surface area contributed by atoms with Gasteiger partial charge in [0.25, 0.3) is 0 Å². The number of ether oxygens (including phenoxy) is 2. The van der Waals surface area contributed by atoms with Crippen LogP contribution in [-0.2, 0) is 6.42 Å². The maximum atomic E-state index is 10.7. The highest BCUT2D eigenvalue weighted by molar-refractivity contribution is 5.89. The quantitative estimate of drug-likeness (QED) is 0.249. The summed E-state index contributed by atoms with van der Waals surface area (Å²) < 4.78 is 11.6. The predicted molar refractivity (Wildman–Crippen MR) is 154 cm³/mol. The van der Waals surface area contributed by atoms with Crippen molar-refractivity contribution < 1.29 is 14.6 Å². The van der Waals surface area contributed by atoms with Gasteiger partial charge < -0.3 is 14.6 Å². The molecule has 3 heteroatoms. The van der Waals surface area contributed by atoms with Crippen LogP contribution in [0.1, 0.15) is 18.1 Å². The van der Waals surface area contributed by atoms with Gasteiger partial charge in [-0.1, -0.05) is 121 Å². The van der Waals surface area contributed by atoms with Gasteiger partial charge in [-0.3, -0.25) is 0 Å². The first-order valence-electron chi connectivity index (χ1n) is 12.8. The van der Waals surface area contributed by atoms with E-state index in [1.54, 1.807) is 0 Å². The second-order valence-electron chi connectivity index (χ2n) is 9.55. The summed E-state index contributed by atoms with van der Waals surface area (Å²) in [7, 11) is 0. The molecule has 0 spiro atoms. The van der Waals surface area contributed by atoms with Gasteiger partial charge in [0.15, 0.2) is 0 Å². The Labute approximate surface area is 222 Å². The van der Waals surface area contributed by atoms with Crippen LogP contribution in [0.4, 0.5) is 0 Å². The first-order chi connectivity index (χ1) is 18.6. The van der Waals surface area contributed by atoms with E-state index < -0.39 is 5.97 Å². The van der Waals surface area contributed by atoms with Gasteiger partial charge in [-0.25, -0.2) is 0 Å². The van der Waals surface area contributed by atoms with Gasteiger partial charge in [-0.2, -0.15) is 0 Å². The maximum Gasteiger partial charge on any atom is 0.366 e. The van der Waals surface area contributed by atoms with E-state index in [4.69, 9.17) is 9.47 Å². The van der Waals surface area contributed by atoms with Crippen LogP contribution in [0.15, 0.2) is 133 Å². The average molecular weight is 497 g/mol. The van der Waals surface area contributed by atoms with E-state index in [0.717, 1.165) is 28.0 Å². The molecule has 0 amide bonds. The molecule has 0 aliphatic heterocycles. The van der Waals surface area contributed by atoms with Gasteiger partial charge in [-0.05, 0) is 51.6 Å². The molecular weight excluding hydrogens is 468 g/mol. The average Bonchev–Trinajstić information content (AvgIpc) is 3.32. The molecule has 0 bridgehead atoms. The fraction of sp³-hybridized carbons (Fsp3) is 0.0857. The predicted octanol–water partition coefficient (Wildman–Crippen LogP) is 8.37. The van der Waals surface area contributed by atoms with Crippen molar-refractivity contribution in [2.75, 3.05) is 0 Å². The summed E-state index contributed by atoms with van der Waals surface area (Å²) in [5, 5.41) is 14.6. The van der Waals surface area contributed by atoms with Gasteiger partial charge >= 0.3 is 5.97 Å². The lowest BCUT2D eigenvalue weighted by atomic mass is 10.1. The number of hydrogen-bond acceptors (Lipinski definition) is 3. The van der Waals surface area contributed by atoms with Crippen LogP contribution in [-0.4, -0.2) is 11.1 Å². The molecule has 38 heavy (non-hydrogen) atoms. The van der Waals surface area contributed by atoms with Gasteiger partial charge in [0.05, 0.1) is 0 Å². The fourth-order valence-electron chi connectivity index (χ4n) is 5.08. The monoisotopic (exact) mass is 496 g/mol. The molecule has 0 fully saturated rings. The highest BCUT2D eigenvalue weighted by atomic mass is 16.8. The summed E-state index contributed by atoms with van der Waals surface area (Å²) >= 11 is 0. The van der Waals surface area contributed by atoms with E-state index in [9.17, 15) is 5.11 Å². The first-order valence-corrected chi connectivity index (χ1v) is 12.8. The van der Waals surface area contributed by atoms with Crippen molar-refractivity contribution in [1.82, 2.24) is 0 Å². The van der Waals surface area contributed by atoms with Crippen molar-refractivity contribution in [3.8, 4) is 22.6 Å². The zero-order chi connectivity index (χ0) is 26.0. The number of benzene rings is 6. The second-order valence-corrected chi connectivity index (χ2v) is 9.55. The molecule has 1 aliphatic rings. The Morgan fingerprint density at radius 2 is 0.895 bits per heavy atom. The van der Waals surface area contributed by atoms with Crippen molar-refractivity contribution in [3.05, 3.63) is 145 Å². The Hall–Kier alpha value is -4.60. The standard InChI is InChI=1S/C22H18O3.C13H10/c1-22(23,24-20-14-6-10-16-8-2-4-12-18(16)20)25-21-15-7-11-17-9-3-5-13-19(17)21;1-3-7-12-10(5-1)9-11-6-2-4-8-13(11)12/h2-15,23H,1H3;1-8H,9H2.